The SMILES string of the molecule is O=C(NNC1=Nc2ccccc2C(c2ccccc2)=NC1)C1NCCNC1C1CCCCC1. The van der Waals surface area contributed by atoms with E-state index in [9.17, 15) is 4.79 Å². The molecule has 1 aliphatic carbocycles. The number of piperazine rings is 1. The van der Waals surface area contributed by atoms with Crippen LogP contribution in [0.15, 0.2) is 64.6 Å². The number of hydrogen-bond donors (Lipinski definition) is 4. The van der Waals surface area contributed by atoms with Gasteiger partial charge in [-0.05, 0) is 24.8 Å². The highest BCUT2D eigenvalue weighted by molar-refractivity contribution is 6.17. The largest absolute Gasteiger partial charge is 0.310 e. The van der Waals surface area contributed by atoms with Crippen LogP contribution in [0.3, 0.4) is 0 Å². The third-order valence-electron chi connectivity index (χ3n) is 6.85. The summed E-state index contributed by atoms with van der Waals surface area (Å²) in [6, 6.07) is 18.0. The molecular weight excluding hydrogens is 412 g/mol. The molecule has 2 heterocycles. The molecule has 2 aliphatic heterocycles. The summed E-state index contributed by atoms with van der Waals surface area (Å²) < 4.78 is 0. The summed E-state index contributed by atoms with van der Waals surface area (Å²) in [4.78, 5) is 22.8. The average molecular weight is 445 g/mol. The molecule has 7 heteroatoms. The molecule has 5 rings (SSSR count). The third kappa shape index (κ3) is 4.99. The van der Waals surface area contributed by atoms with Crippen LogP contribution in [0.5, 0.6) is 0 Å². The number of benzene rings is 2. The van der Waals surface area contributed by atoms with Gasteiger partial charge >= 0.3 is 0 Å². The summed E-state index contributed by atoms with van der Waals surface area (Å²) in [6.45, 7) is 2.06. The van der Waals surface area contributed by atoms with Gasteiger partial charge in [0.15, 0.2) is 0 Å². The van der Waals surface area contributed by atoms with Gasteiger partial charge in [-0.25, -0.2) is 4.99 Å². The van der Waals surface area contributed by atoms with Gasteiger partial charge in [0.1, 0.15) is 11.9 Å². The molecule has 1 saturated heterocycles. The summed E-state index contributed by atoms with van der Waals surface area (Å²) in [5.41, 5.74) is 9.78. The van der Waals surface area contributed by atoms with Crippen LogP contribution in [0.25, 0.3) is 0 Å². The molecule has 7 nitrogen and oxygen atoms in total. The normalized spacial score (nSPS) is 23.5. The monoisotopic (exact) mass is 444 g/mol. The van der Waals surface area contributed by atoms with Crippen LogP contribution in [0, 0.1) is 5.92 Å². The highest BCUT2D eigenvalue weighted by Gasteiger charge is 2.36. The first-order valence-electron chi connectivity index (χ1n) is 12.1. The lowest BCUT2D eigenvalue weighted by atomic mass is 9.80. The Morgan fingerprint density at radius 3 is 2.52 bits per heavy atom. The van der Waals surface area contributed by atoms with Crippen molar-refractivity contribution in [3.63, 3.8) is 0 Å². The summed E-state index contributed by atoms with van der Waals surface area (Å²) in [7, 11) is 0. The first-order valence-corrected chi connectivity index (χ1v) is 12.1. The van der Waals surface area contributed by atoms with E-state index in [1.54, 1.807) is 0 Å². The molecule has 4 N–H and O–H groups in total. The van der Waals surface area contributed by atoms with E-state index in [2.05, 4.69) is 33.6 Å². The van der Waals surface area contributed by atoms with Gasteiger partial charge in [-0.1, -0.05) is 67.8 Å². The molecule has 2 aromatic carbocycles. The number of nitrogens with zero attached hydrogens (tertiary/aromatic N) is 2. The van der Waals surface area contributed by atoms with Gasteiger partial charge in [0.25, 0.3) is 5.91 Å². The van der Waals surface area contributed by atoms with Crippen molar-refractivity contribution in [2.24, 2.45) is 15.9 Å². The van der Waals surface area contributed by atoms with Gasteiger partial charge < -0.3 is 10.6 Å². The first-order chi connectivity index (χ1) is 16.3. The van der Waals surface area contributed by atoms with Crippen LogP contribution in [0.1, 0.15) is 43.2 Å². The zero-order valence-corrected chi connectivity index (χ0v) is 18.9. The van der Waals surface area contributed by atoms with Crippen LogP contribution < -0.4 is 21.5 Å². The number of carbonyl (C=O) groups excluding carboxylic acids is 1. The third-order valence-corrected chi connectivity index (χ3v) is 6.85. The molecule has 2 unspecified atom stereocenters. The molecule has 1 saturated carbocycles. The van der Waals surface area contributed by atoms with Crippen molar-refractivity contribution >= 4 is 23.1 Å². The van der Waals surface area contributed by atoms with Crippen LogP contribution in [-0.2, 0) is 4.79 Å². The van der Waals surface area contributed by atoms with Crippen molar-refractivity contribution in [1.29, 1.82) is 0 Å². The van der Waals surface area contributed by atoms with Gasteiger partial charge in [0.2, 0.25) is 0 Å². The minimum Gasteiger partial charge on any atom is -0.310 e. The highest BCUT2D eigenvalue weighted by atomic mass is 16.2. The van der Waals surface area contributed by atoms with Crippen LogP contribution in [-0.4, -0.2) is 49.2 Å². The van der Waals surface area contributed by atoms with Crippen LogP contribution in [0.4, 0.5) is 5.69 Å². The minimum absolute atomic E-state index is 0.0507. The maximum atomic E-state index is 13.1. The Morgan fingerprint density at radius 2 is 1.67 bits per heavy atom. The maximum absolute atomic E-state index is 13.1. The minimum atomic E-state index is -0.253. The number of para-hydroxylation sites is 1. The molecule has 3 aliphatic rings. The van der Waals surface area contributed by atoms with E-state index in [4.69, 9.17) is 9.98 Å². The average Bonchev–Trinajstić information content (AvgIpc) is 3.08. The molecule has 0 bridgehead atoms. The number of aliphatic imine (C=N–C) groups is 2. The lowest BCUT2D eigenvalue weighted by molar-refractivity contribution is -0.125. The molecule has 0 aromatic heterocycles. The Balaban J connectivity index is 1.30. The van der Waals surface area contributed by atoms with E-state index < -0.39 is 0 Å². The van der Waals surface area contributed by atoms with E-state index in [1.807, 2.05) is 42.5 Å². The topological polar surface area (TPSA) is 89.9 Å². The van der Waals surface area contributed by atoms with Crippen molar-refractivity contribution in [3.8, 4) is 0 Å². The molecular formula is C26H32N6O. The van der Waals surface area contributed by atoms with E-state index in [1.165, 1.54) is 32.1 Å². The number of amides is 1. The second kappa shape index (κ2) is 10.3. The zero-order valence-electron chi connectivity index (χ0n) is 18.9. The number of hydrogen-bond acceptors (Lipinski definition) is 6. The Hall–Kier alpha value is -3.03. The Bertz CT molecular complexity index is 1030. The van der Waals surface area contributed by atoms with Crippen LogP contribution >= 0.6 is 0 Å². The number of fused-ring (bicyclic) bond motifs is 1. The molecule has 33 heavy (non-hydrogen) atoms. The van der Waals surface area contributed by atoms with Crippen LogP contribution in [0.2, 0.25) is 0 Å². The van der Waals surface area contributed by atoms with Crippen molar-refractivity contribution < 1.29 is 4.79 Å². The number of hydrazine groups is 1. The standard InChI is InChI=1S/C26H32N6O/c33-26(25-24(27-15-16-28-25)19-11-5-2-6-12-19)32-31-22-17-29-23(18-9-3-1-4-10-18)20-13-7-8-14-21(20)30-22/h1,3-4,7-10,13-14,19,24-25,27-28H,2,5-6,11-12,15-17H2,(H,30,31)(H,32,33). The van der Waals surface area contributed by atoms with Gasteiger partial charge in [-0.2, -0.15) is 0 Å². The highest BCUT2D eigenvalue weighted by Crippen LogP contribution is 2.29. The molecule has 1 amide bonds. The van der Waals surface area contributed by atoms with E-state index in [-0.39, 0.29) is 18.0 Å². The molecule has 2 fully saturated rings. The molecule has 172 valence electrons. The Morgan fingerprint density at radius 1 is 0.909 bits per heavy atom. The Labute approximate surface area is 195 Å². The Kier molecular flexibility index (Phi) is 6.79. The van der Waals surface area contributed by atoms with Gasteiger partial charge in [0.05, 0.1) is 17.9 Å². The van der Waals surface area contributed by atoms with Crippen molar-refractivity contribution in [2.45, 2.75) is 44.2 Å². The molecule has 0 radical (unpaired) electrons. The number of carbonyl (C=O) groups is 1. The lowest BCUT2D eigenvalue weighted by Gasteiger charge is -2.39. The van der Waals surface area contributed by atoms with E-state index in [0.717, 1.165) is 35.6 Å². The van der Waals surface area contributed by atoms with Gasteiger partial charge in [-0.3, -0.25) is 20.6 Å². The molecule has 2 atom stereocenters. The predicted octanol–water partition coefficient (Wildman–Crippen LogP) is 2.70. The molecule has 2 aromatic rings. The van der Waals surface area contributed by atoms with Crippen molar-refractivity contribution in [2.75, 3.05) is 19.6 Å². The fourth-order valence-corrected chi connectivity index (χ4v) is 5.21. The smallest absolute Gasteiger partial charge is 0.257 e. The fraction of sp³-hybridized carbons (Fsp3) is 0.423. The van der Waals surface area contributed by atoms with E-state index in [0.29, 0.717) is 18.3 Å². The molecule has 0 spiro atoms. The number of rotatable bonds is 3. The first kappa shape index (κ1) is 21.8. The number of nitrogens with one attached hydrogen (secondary N) is 4. The quantitative estimate of drug-likeness (QED) is 0.548. The van der Waals surface area contributed by atoms with Crippen molar-refractivity contribution in [1.82, 2.24) is 21.5 Å². The fourth-order valence-electron chi connectivity index (χ4n) is 5.21. The second-order valence-corrected chi connectivity index (χ2v) is 9.03. The summed E-state index contributed by atoms with van der Waals surface area (Å²) in [5, 5.41) is 7.03. The van der Waals surface area contributed by atoms with Gasteiger partial charge in [-0.15, -0.1) is 0 Å². The van der Waals surface area contributed by atoms with Gasteiger partial charge in [0, 0.05) is 30.3 Å². The second-order valence-electron chi connectivity index (χ2n) is 9.03. The summed E-state index contributed by atoms with van der Waals surface area (Å²) >= 11 is 0. The number of amidine groups is 1. The van der Waals surface area contributed by atoms with Crippen molar-refractivity contribution in [3.05, 3.63) is 65.7 Å². The zero-order chi connectivity index (χ0) is 22.5. The predicted molar refractivity (Wildman–Crippen MR) is 132 cm³/mol. The summed E-state index contributed by atoms with van der Waals surface area (Å²) in [6.07, 6.45) is 6.21. The lowest BCUT2D eigenvalue weighted by Crippen LogP contribution is -2.65. The van der Waals surface area contributed by atoms with E-state index >= 15 is 0 Å². The maximum Gasteiger partial charge on any atom is 0.257 e. The summed E-state index contributed by atoms with van der Waals surface area (Å²) in [5.74, 6) is 1.12.